The number of carbonyl (C=O) groups excluding carboxylic acids is 1. The highest BCUT2D eigenvalue weighted by molar-refractivity contribution is 5.89. The average molecular weight is 358 g/mol. The van der Waals surface area contributed by atoms with E-state index in [-0.39, 0.29) is 17.8 Å². The Morgan fingerprint density at radius 2 is 1.92 bits per heavy atom. The van der Waals surface area contributed by atoms with E-state index in [1.165, 1.54) is 30.7 Å². The number of nitrogens with one attached hydrogen (secondary N) is 2. The molecule has 2 aromatic rings. The van der Waals surface area contributed by atoms with Crippen LogP contribution in [-0.2, 0) is 0 Å². The first-order valence-electron chi connectivity index (χ1n) is 8.70. The van der Waals surface area contributed by atoms with Crippen molar-refractivity contribution in [3.8, 4) is 0 Å². The van der Waals surface area contributed by atoms with Crippen molar-refractivity contribution in [2.45, 2.75) is 25.3 Å². The van der Waals surface area contributed by atoms with Crippen LogP contribution in [0.2, 0.25) is 0 Å². The molecular weight excluding hydrogens is 336 g/mol. The molecule has 8 heteroatoms. The van der Waals surface area contributed by atoms with Crippen LogP contribution < -0.4 is 10.6 Å². The fourth-order valence-corrected chi connectivity index (χ4v) is 3.15. The van der Waals surface area contributed by atoms with Crippen LogP contribution in [0.4, 0.5) is 16.2 Å². The van der Waals surface area contributed by atoms with Crippen molar-refractivity contribution in [3.05, 3.63) is 58.5 Å². The Balaban J connectivity index is 1.57. The number of hydrogen-bond donors (Lipinski definition) is 2. The van der Waals surface area contributed by atoms with Crippen molar-refractivity contribution in [2.75, 3.05) is 25.0 Å². The largest absolute Gasteiger partial charge is 0.468 e. The molecule has 3 rings (SSSR count). The lowest BCUT2D eigenvalue weighted by molar-refractivity contribution is -0.384. The van der Waals surface area contributed by atoms with E-state index in [2.05, 4.69) is 15.5 Å². The highest BCUT2D eigenvalue weighted by Crippen LogP contribution is 2.24. The number of benzene rings is 1. The maximum Gasteiger partial charge on any atom is 0.319 e. The second-order valence-electron chi connectivity index (χ2n) is 6.27. The molecule has 138 valence electrons. The number of nitro groups is 1. The highest BCUT2D eigenvalue weighted by Gasteiger charge is 2.24. The molecule has 0 radical (unpaired) electrons. The fourth-order valence-electron chi connectivity index (χ4n) is 3.15. The Kier molecular flexibility index (Phi) is 5.85. The number of piperidine rings is 1. The van der Waals surface area contributed by atoms with E-state index in [1.54, 1.807) is 6.26 Å². The number of urea groups is 1. The molecule has 2 N–H and O–H groups in total. The molecule has 2 heterocycles. The summed E-state index contributed by atoms with van der Waals surface area (Å²) in [5, 5.41) is 16.2. The van der Waals surface area contributed by atoms with Gasteiger partial charge in [-0.1, -0.05) is 6.42 Å². The molecule has 26 heavy (non-hydrogen) atoms. The van der Waals surface area contributed by atoms with Crippen LogP contribution in [0.3, 0.4) is 0 Å². The maximum atomic E-state index is 12.2. The van der Waals surface area contributed by atoms with Crippen molar-refractivity contribution in [3.63, 3.8) is 0 Å². The molecule has 1 aromatic carbocycles. The number of anilines is 1. The molecule has 1 aromatic heterocycles. The van der Waals surface area contributed by atoms with Crippen molar-refractivity contribution >= 4 is 17.4 Å². The van der Waals surface area contributed by atoms with Crippen LogP contribution in [0.1, 0.15) is 31.1 Å². The summed E-state index contributed by atoms with van der Waals surface area (Å²) >= 11 is 0. The van der Waals surface area contributed by atoms with Gasteiger partial charge in [0.15, 0.2) is 0 Å². The number of rotatable bonds is 6. The van der Waals surface area contributed by atoms with Gasteiger partial charge in [-0.2, -0.15) is 0 Å². The maximum absolute atomic E-state index is 12.2. The Bertz CT molecular complexity index is 724. The lowest BCUT2D eigenvalue weighted by Crippen LogP contribution is -2.41. The summed E-state index contributed by atoms with van der Waals surface area (Å²) in [4.78, 5) is 24.7. The van der Waals surface area contributed by atoms with Crippen molar-refractivity contribution in [2.24, 2.45) is 0 Å². The smallest absolute Gasteiger partial charge is 0.319 e. The van der Waals surface area contributed by atoms with Crippen molar-refractivity contribution in [1.82, 2.24) is 10.2 Å². The summed E-state index contributed by atoms with van der Waals surface area (Å²) in [5.74, 6) is 0.836. The van der Waals surface area contributed by atoms with E-state index in [0.717, 1.165) is 31.7 Å². The van der Waals surface area contributed by atoms with Gasteiger partial charge in [0.05, 0.1) is 17.2 Å². The zero-order valence-corrected chi connectivity index (χ0v) is 14.4. The summed E-state index contributed by atoms with van der Waals surface area (Å²) in [6.07, 6.45) is 5.16. The van der Waals surface area contributed by atoms with E-state index in [1.807, 2.05) is 12.1 Å². The highest BCUT2D eigenvalue weighted by atomic mass is 16.6. The summed E-state index contributed by atoms with van der Waals surface area (Å²) in [5.41, 5.74) is 0.486. The first-order chi connectivity index (χ1) is 12.6. The van der Waals surface area contributed by atoms with E-state index in [4.69, 9.17) is 4.42 Å². The van der Waals surface area contributed by atoms with E-state index in [9.17, 15) is 14.9 Å². The van der Waals surface area contributed by atoms with Crippen LogP contribution in [0.25, 0.3) is 0 Å². The zero-order valence-electron chi connectivity index (χ0n) is 14.4. The molecule has 0 spiro atoms. The molecule has 0 unspecified atom stereocenters. The molecule has 1 atom stereocenters. The van der Waals surface area contributed by atoms with Crippen LogP contribution in [-0.4, -0.2) is 35.5 Å². The van der Waals surface area contributed by atoms with Crippen LogP contribution >= 0.6 is 0 Å². The number of furan rings is 1. The minimum Gasteiger partial charge on any atom is -0.468 e. The minimum absolute atomic E-state index is 0.00656. The van der Waals surface area contributed by atoms with Crippen LogP contribution in [0, 0.1) is 10.1 Å². The SMILES string of the molecule is O=C(NC[C@@H](c1ccco1)N1CCCCC1)Nc1ccc([N+](=O)[O-])cc1. The fraction of sp³-hybridized carbons (Fsp3) is 0.389. The number of hydrogen-bond acceptors (Lipinski definition) is 5. The molecule has 1 saturated heterocycles. The lowest BCUT2D eigenvalue weighted by atomic mass is 10.1. The molecule has 8 nitrogen and oxygen atoms in total. The summed E-state index contributed by atoms with van der Waals surface area (Å²) < 4.78 is 5.56. The number of nitro benzene ring substituents is 1. The number of carbonyl (C=O) groups is 1. The van der Waals surface area contributed by atoms with Gasteiger partial charge in [-0.05, 0) is 50.2 Å². The van der Waals surface area contributed by atoms with Crippen molar-refractivity contribution in [1.29, 1.82) is 0 Å². The monoisotopic (exact) mass is 358 g/mol. The van der Waals surface area contributed by atoms with Gasteiger partial charge >= 0.3 is 6.03 Å². The number of amides is 2. The van der Waals surface area contributed by atoms with Crippen LogP contribution in [0.15, 0.2) is 47.1 Å². The standard InChI is InChI=1S/C18H22N4O4/c23-18(20-14-6-8-15(9-7-14)22(24)25)19-13-16(17-5-4-12-26-17)21-10-2-1-3-11-21/h4-9,12,16H,1-3,10-11,13H2,(H2,19,20,23)/t16-/m0/s1. The summed E-state index contributed by atoms with van der Waals surface area (Å²) in [6.45, 7) is 2.39. The topological polar surface area (TPSA) is 101 Å². The van der Waals surface area contributed by atoms with E-state index < -0.39 is 4.92 Å². The Hall–Kier alpha value is -2.87. The average Bonchev–Trinajstić information content (AvgIpc) is 3.17. The van der Waals surface area contributed by atoms with Gasteiger partial charge in [-0.3, -0.25) is 15.0 Å². The Labute approximate surface area is 151 Å². The Morgan fingerprint density at radius 1 is 1.19 bits per heavy atom. The molecule has 0 aliphatic carbocycles. The molecule has 0 saturated carbocycles. The third-order valence-electron chi connectivity index (χ3n) is 4.49. The predicted molar refractivity (Wildman–Crippen MR) is 97.0 cm³/mol. The molecule has 1 aliphatic rings. The predicted octanol–water partition coefficient (Wildman–Crippen LogP) is 3.54. The normalized spacial score (nSPS) is 16.0. The van der Waals surface area contributed by atoms with Gasteiger partial charge in [-0.25, -0.2) is 4.79 Å². The third-order valence-corrected chi connectivity index (χ3v) is 4.49. The van der Waals surface area contributed by atoms with Gasteiger partial charge in [0, 0.05) is 24.4 Å². The van der Waals surface area contributed by atoms with Gasteiger partial charge in [0.2, 0.25) is 0 Å². The third kappa shape index (κ3) is 4.60. The first kappa shape index (κ1) is 17.9. The van der Waals surface area contributed by atoms with Gasteiger partial charge in [0.25, 0.3) is 5.69 Å². The van der Waals surface area contributed by atoms with Gasteiger partial charge in [0.1, 0.15) is 5.76 Å². The lowest BCUT2D eigenvalue weighted by Gasteiger charge is -2.33. The molecule has 2 amide bonds. The summed E-state index contributed by atoms with van der Waals surface area (Å²) in [7, 11) is 0. The van der Waals surface area contributed by atoms with Crippen molar-refractivity contribution < 1.29 is 14.1 Å². The minimum atomic E-state index is -0.476. The Morgan fingerprint density at radius 3 is 2.54 bits per heavy atom. The number of nitrogens with zero attached hydrogens (tertiary/aromatic N) is 2. The summed E-state index contributed by atoms with van der Waals surface area (Å²) in [6, 6.07) is 9.14. The second kappa shape index (κ2) is 8.48. The van der Waals surface area contributed by atoms with Gasteiger partial charge in [-0.15, -0.1) is 0 Å². The quantitative estimate of drug-likeness (QED) is 0.608. The van der Waals surface area contributed by atoms with E-state index >= 15 is 0 Å². The second-order valence-corrected chi connectivity index (χ2v) is 6.27. The zero-order chi connectivity index (χ0) is 18.4. The van der Waals surface area contributed by atoms with Crippen LogP contribution in [0.5, 0.6) is 0 Å². The number of non-ortho nitro benzene ring substituents is 1. The molecule has 1 fully saturated rings. The van der Waals surface area contributed by atoms with E-state index in [0.29, 0.717) is 12.2 Å². The molecule has 0 bridgehead atoms. The first-order valence-corrected chi connectivity index (χ1v) is 8.70. The molecule has 1 aliphatic heterocycles. The number of likely N-dealkylation sites (tertiary alicyclic amines) is 1. The van der Waals surface area contributed by atoms with Gasteiger partial charge < -0.3 is 15.1 Å². The molecular formula is C18H22N4O4.